The van der Waals surface area contributed by atoms with Gasteiger partial charge in [-0.2, -0.15) is 8.42 Å². The van der Waals surface area contributed by atoms with Crippen molar-refractivity contribution in [3.8, 4) is 0 Å². The van der Waals surface area contributed by atoms with E-state index in [0.717, 1.165) is 32.1 Å². The lowest BCUT2D eigenvalue weighted by Crippen LogP contribution is -2.33. The molecule has 0 aromatic heterocycles. The van der Waals surface area contributed by atoms with Gasteiger partial charge in [0.25, 0.3) is 10.1 Å². The van der Waals surface area contributed by atoms with E-state index in [-0.39, 0.29) is 17.1 Å². The fourth-order valence-electron chi connectivity index (χ4n) is 2.84. The van der Waals surface area contributed by atoms with Crippen molar-refractivity contribution in [3.63, 3.8) is 0 Å². The van der Waals surface area contributed by atoms with Gasteiger partial charge in [-0.1, -0.05) is 57.4 Å². The Hall–Kier alpha value is -0.610. The fourth-order valence-corrected chi connectivity index (χ4v) is 3.74. The number of hydrogen-bond donors (Lipinski definition) is 1. The van der Waals surface area contributed by atoms with Crippen molar-refractivity contribution >= 4 is 10.1 Å². The van der Waals surface area contributed by atoms with Gasteiger partial charge in [-0.15, -0.1) is 0 Å². The monoisotopic (exact) mass is 272 g/mol. The molecule has 0 aromatic rings. The smallest absolute Gasteiger partial charge is 0.265 e. The highest BCUT2D eigenvalue weighted by molar-refractivity contribution is 7.85. The summed E-state index contributed by atoms with van der Waals surface area (Å²) in [5, 5.41) is 0. The summed E-state index contributed by atoms with van der Waals surface area (Å²) in [6.45, 7) is 4.25. The first-order chi connectivity index (χ1) is 8.43. The first kappa shape index (κ1) is 15.4. The molecule has 0 heterocycles. The summed E-state index contributed by atoms with van der Waals surface area (Å²) >= 11 is 0. The lowest BCUT2D eigenvalue weighted by Gasteiger charge is -2.38. The SMILES string of the molecule is CCCCC1(CCC)C=CC=CC1CS(=O)(=O)O. The Morgan fingerprint density at radius 3 is 2.44 bits per heavy atom. The third kappa shape index (κ3) is 4.25. The van der Waals surface area contributed by atoms with Crippen LogP contribution < -0.4 is 0 Å². The molecule has 2 atom stereocenters. The van der Waals surface area contributed by atoms with Gasteiger partial charge >= 0.3 is 0 Å². The second kappa shape index (κ2) is 6.53. The Bertz CT molecular complexity index is 409. The van der Waals surface area contributed by atoms with Crippen LogP contribution in [0.25, 0.3) is 0 Å². The molecule has 0 aliphatic heterocycles. The molecule has 2 unspecified atom stereocenters. The second-order valence-electron chi connectivity index (χ2n) is 5.19. The van der Waals surface area contributed by atoms with Crippen molar-refractivity contribution in [1.29, 1.82) is 0 Å². The number of rotatable bonds is 7. The van der Waals surface area contributed by atoms with E-state index >= 15 is 0 Å². The van der Waals surface area contributed by atoms with E-state index in [0.29, 0.717) is 0 Å². The summed E-state index contributed by atoms with van der Waals surface area (Å²) in [5.74, 6) is -0.277. The topological polar surface area (TPSA) is 54.4 Å². The third-order valence-electron chi connectivity index (χ3n) is 3.72. The Morgan fingerprint density at radius 1 is 1.17 bits per heavy atom. The van der Waals surface area contributed by atoms with E-state index in [9.17, 15) is 8.42 Å². The normalized spacial score (nSPS) is 27.6. The third-order valence-corrected chi connectivity index (χ3v) is 4.50. The molecule has 0 radical (unpaired) electrons. The van der Waals surface area contributed by atoms with Crippen molar-refractivity contribution in [3.05, 3.63) is 24.3 Å². The van der Waals surface area contributed by atoms with Gasteiger partial charge in [0.05, 0.1) is 5.75 Å². The predicted octanol–water partition coefficient (Wildman–Crippen LogP) is 3.59. The number of allylic oxidation sites excluding steroid dienone is 4. The van der Waals surface area contributed by atoms with E-state index < -0.39 is 10.1 Å². The van der Waals surface area contributed by atoms with Gasteiger partial charge in [0.2, 0.25) is 0 Å². The average molecular weight is 272 g/mol. The van der Waals surface area contributed by atoms with Crippen LogP contribution in [0.3, 0.4) is 0 Å². The predicted molar refractivity (Wildman–Crippen MR) is 75.1 cm³/mol. The van der Waals surface area contributed by atoms with Crippen molar-refractivity contribution in [2.45, 2.75) is 46.0 Å². The Balaban J connectivity index is 2.94. The van der Waals surface area contributed by atoms with Crippen LogP contribution in [0.15, 0.2) is 24.3 Å². The Kier molecular flexibility index (Phi) is 5.60. The molecule has 0 saturated heterocycles. The quantitative estimate of drug-likeness (QED) is 0.720. The molecule has 4 heteroatoms. The van der Waals surface area contributed by atoms with Crippen LogP contribution in [-0.4, -0.2) is 18.7 Å². The van der Waals surface area contributed by atoms with Gasteiger partial charge in [-0.05, 0) is 18.3 Å². The molecule has 0 amide bonds. The molecule has 0 bridgehead atoms. The van der Waals surface area contributed by atoms with Crippen molar-refractivity contribution in [2.75, 3.05) is 5.75 Å². The summed E-state index contributed by atoms with van der Waals surface area (Å²) in [6.07, 6.45) is 13.1. The molecular weight excluding hydrogens is 248 g/mol. The zero-order valence-corrected chi connectivity index (χ0v) is 12.1. The zero-order valence-electron chi connectivity index (χ0n) is 11.3. The first-order valence-corrected chi connectivity index (χ1v) is 8.35. The summed E-state index contributed by atoms with van der Waals surface area (Å²) in [5.41, 5.74) is -0.102. The van der Waals surface area contributed by atoms with Crippen molar-refractivity contribution < 1.29 is 13.0 Å². The molecule has 18 heavy (non-hydrogen) atoms. The van der Waals surface area contributed by atoms with Crippen LogP contribution in [0.1, 0.15) is 46.0 Å². The molecular formula is C14H24O3S. The van der Waals surface area contributed by atoms with Gasteiger partial charge in [0, 0.05) is 5.92 Å². The molecule has 0 spiro atoms. The minimum absolute atomic E-state index is 0.102. The van der Waals surface area contributed by atoms with Gasteiger partial charge < -0.3 is 0 Å². The van der Waals surface area contributed by atoms with E-state index in [1.54, 1.807) is 0 Å². The minimum atomic E-state index is -3.92. The average Bonchev–Trinajstić information content (AvgIpc) is 2.28. The second-order valence-corrected chi connectivity index (χ2v) is 6.68. The minimum Gasteiger partial charge on any atom is -0.286 e. The molecule has 1 aliphatic carbocycles. The van der Waals surface area contributed by atoms with Gasteiger partial charge in [-0.3, -0.25) is 4.55 Å². The largest absolute Gasteiger partial charge is 0.286 e. The summed E-state index contributed by atoms with van der Waals surface area (Å²) in [6, 6.07) is 0. The van der Waals surface area contributed by atoms with E-state index in [1.807, 2.05) is 18.2 Å². The zero-order chi connectivity index (χ0) is 13.6. The van der Waals surface area contributed by atoms with Gasteiger partial charge in [0.15, 0.2) is 0 Å². The molecule has 0 fully saturated rings. The molecule has 1 aliphatic rings. The van der Waals surface area contributed by atoms with Crippen LogP contribution in [-0.2, 0) is 10.1 Å². The highest BCUT2D eigenvalue weighted by Gasteiger charge is 2.37. The van der Waals surface area contributed by atoms with Crippen LogP contribution in [0, 0.1) is 11.3 Å². The molecule has 1 rings (SSSR count). The lowest BCUT2D eigenvalue weighted by molar-refractivity contribution is 0.235. The highest BCUT2D eigenvalue weighted by Crippen LogP contribution is 2.43. The van der Waals surface area contributed by atoms with Gasteiger partial charge in [-0.25, -0.2) is 0 Å². The fraction of sp³-hybridized carbons (Fsp3) is 0.714. The van der Waals surface area contributed by atoms with E-state index in [4.69, 9.17) is 4.55 Å². The maximum atomic E-state index is 11.2. The van der Waals surface area contributed by atoms with Crippen molar-refractivity contribution in [2.24, 2.45) is 11.3 Å². The van der Waals surface area contributed by atoms with E-state index in [1.165, 1.54) is 0 Å². The highest BCUT2D eigenvalue weighted by atomic mass is 32.2. The van der Waals surface area contributed by atoms with Gasteiger partial charge in [0.1, 0.15) is 0 Å². The van der Waals surface area contributed by atoms with Crippen LogP contribution >= 0.6 is 0 Å². The molecule has 0 saturated carbocycles. The number of hydrogen-bond acceptors (Lipinski definition) is 2. The molecule has 1 N–H and O–H groups in total. The first-order valence-electron chi connectivity index (χ1n) is 6.74. The molecule has 104 valence electrons. The maximum absolute atomic E-state index is 11.2. The molecule has 3 nitrogen and oxygen atoms in total. The molecule has 0 aromatic carbocycles. The van der Waals surface area contributed by atoms with Crippen LogP contribution in [0.2, 0.25) is 0 Å². The summed E-state index contributed by atoms with van der Waals surface area (Å²) in [4.78, 5) is 0. The van der Waals surface area contributed by atoms with Crippen LogP contribution in [0.5, 0.6) is 0 Å². The standard InChI is InChI=1S/C14H24O3S/c1-3-5-10-14(9-4-2)11-7-6-8-13(14)12-18(15,16)17/h6-8,11,13H,3-5,9-10,12H2,1-2H3,(H,15,16,17). The summed E-state index contributed by atoms with van der Waals surface area (Å²) in [7, 11) is -3.92. The maximum Gasteiger partial charge on any atom is 0.265 e. The van der Waals surface area contributed by atoms with Crippen LogP contribution in [0.4, 0.5) is 0 Å². The Labute approximate surface area is 111 Å². The van der Waals surface area contributed by atoms with E-state index in [2.05, 4.69) is 19.9 Å². The van der Waals surface area contributed by atoms with Crippen molar-refractivity contribution in [1.82, 2.24) is 0 Å². The lowest BCUT2D eigenvalue weighted by atomic mass is 9.68. The number of unbranched alkanes of at least 4 members (excludes halogenated alkanes) is 1. The Morgan fingerprint density at radius 2 is 1.89 bits per heavy atom. The summed E-state index contributed by atoms with van der Waals surface area (Å²) < 4.78 is 31.4.